The van der Waals surface area contributed by atoms with Gasteiger partial charge in [-0.25, -0.2) is 0 Å². The first kappa shape index (κ1) is 13.2. The Labute approximate surface area is 118 Å². The van der Waals surface area contributed by atoms with Gasteiger partial charge < -0.3 is 15.6 Å². The molecule has 1 aromatic carbocycles. The summed E-state index contributed by atoms with van der Waals surface area (Å²) in [4.78, 5) is 15.3. The number of carbonyl (C=O) groups excluding carboxylic acids is 1. The van der Waals surface area contributed by atoms with Crippen molar-refractivity contribution in [1.29, 1.82) is 0 Å². The molecule has 3 N–H and O–H groups in total. The summed E-state index contributed by atoms with van der Waals surface area (Å²) in [6, 6.07) is 8.10. The number of aromatic amines is 1. The van der Waals surface area contributed by atoms with E-state index in [0.29, 0.717) is 12.3 Å². The van der Waals surface area contributed by atoms with Gasteiger partial charge in [0.15, 0.2) is 0 Å². The highest BCUT2D eigenvalue weighted by Gasteiger charge is 2.14. The molecule has 0 bridgehead atoms. The molecule has 0 atom stereocenters. The van der Waals surface area contributed by atoms with E-state index in [1.54, 1.807) is 0 Å². The summed E-state index contributed by atoms with van der Waals surface area (Å²) in [5.41, 5.74) is 2.16. The summed E-state index contributed by atoms with van der Waals surface area (Å²) >= 11 is 0. The standard InChI is InChI=1S/C16H21N3O/c20-16(19-10-12-5-7-17-8-6-12)9-13-11-18-15-4-2-1-3-14(13)15/h1-4,11-12,17-18H,5-10H2,(H,19,20). The summed E-state index contributed by atoms with van der Waals surface area (Å²) in [5.74, 6) is 0.747. The zero-order valence-electron chi connectivity index (χ0n) is 11.6. The molecule has 1 aromatic heterocycles. The van der Waals surface area contributed by atoms with Gasteiger partial charge in [0.1, 0.15) is 0 Å². The van der Waals surface area contributed by atoms with Crippen LogP contribution >= 0.6 is 0 Å². The zero-order chi connectivity index (χ0) is 13.8. The molecule has 2 heterocycles. The quantitative estimate of drug-likeness (QED) is 0.794. The highest BCUT2D eigenvalue weighted by atomic mass is 16.1. The molecule has 3 rings (SSSR count). The van der Waals surface area contributed by atoms with Gasteiger partial charge in [0, 0.05) is 23.6 Å². The number of benzene rings is 1. The van der Waals surface area contributed by atoms with Gasteiger partial charge in [-0.2, -0.15) is 0 Å². The fraction of sp³-hybridized carbons (Fsp3) is 0.438. The first-order chi connectivity index (χ1) is 9.83. The number of piperidine rings is 1. The molecular formula is C16H21N3O. The minimum absolute atomic E-state index is 0.119. The maximum atomic E-state index is 12.1. The smallest absolute Gasteiger partial charge is 0.224 e. The van der Waals surface area contributed by atoms with Crippen molar-refractivity contribution in [2.24, 2.45) is 5.92 Å². The first-order valence-corrected chi connectivity index (χ1v) is 7.35. The van der Waals surface area contributed by atoms with Gasteiger partial charge in [-0.05, 0) is 43.5 Å². The Hall–Kier alpha value is -1.81. The SMILES string of the molecule is O=C(Cc1c[nH]c2ccccc12)NCC1CCNCC1. The summed E-state index contributed by atoms with van der Waals surface area (Å²) in [5, 5.41) is 7.56. The minimum atomic E-state index is 0.119. The van der Waals surface area contributed by atoms with Gasteiger partial charge in [0.2, 0.25) is 5.91 Å². The Morgan fingerprint density at radius 1 is 1.25 bits per heavy atom. The molecule has 2 aromatic rings. The van der Waals surface area contributed by atoms with Crippen molar-refractivity contribution in [3.8, 4) is 0 Å². The first-order valence-electron chi connectivity index (χ1n) is 7.35. The van der Waals surface area contributed by atoms with E-state index in [4.69, 9.17) is 0 Å². The molecule has 106 valence electrons. The molecular weight excluding hydrogens is 250 g/mol. The lowest BCUT2D eigenvalue weighted by Gasteiger charge is -2.22. The fourth-order valence-electron chi connectivity index (χ4n) is 2.86. The van der Waals surface area contributed by atoms with Gasteiger partial charge in [-0.1, -0.05) is 18.2 Å². The van der Waals surface area contributed by atoms with Crippen LogP contribution in [0, 0.1) is 5.92 Å². The highest BCUT2D eigenvalue weighted by Crippen LogP contribution is 2.18. The Morgan fingerprint density at radius 2 is 2.05 bits per heavy atom. The van der Waals surface area contributed by atoms with Gasteiger partial charge in [-0.15, -0.1) is 0 Å². The lowest BCUT2D eigenvalue weighted by molar-refractivity contribution is -0.120. The normalized spacial score (nSPS) is 16.4. The van der Waals surface area contributed by atoms with Crippen LogP contribution in [0.5, 0.6) is 0 Å². The monoisotopic (exact) mass is 271 g/mol. The van der Waals surface area contributed by atoms with Crippen molar-refractivity contribution >= 4 is 16.8 Å². The van der Waals surface area contributed by atoms with E-state index in [1.807, 2.05) is 24.4 Å². The van der Waals surface area contributed by atoms with E-state index in [9.17, 15) is 4.79 Å². The van der Waals surface area contributed by atoms with Crippen molar-refractivity contribution in [1.82, 2.24) is 15.6 Å². The number of hydrogen-bond acceptors (Lipinski definition) is 2. The largest absolute Gasteiger partial charge is 0.361 e. The average molecular weight is 271 g/mol. The van der Waals surface area contributed by atoms with Gasteiger partial charge >= 0.3 is 0 Å². The van der Waals surface area contributed by atoms with Crippen LogP contribution in [0.2, 0.25) is 0 Å². The number of nitrogens with one attached hydrogen (secondary N) is 3. The van der Waals surface area contributed by atoms with Crippen molar-refractivity contribution in [2.45, 2.75) is 19.3 Å². The highest BCUT2D eigenvalue weighted by molar-refractivity contribution is 5.88. The molecule has 1 fully saturated rings. The number of rotatable bonds is 4. The summed E-state index contributed by atoms with van der Waals surface area (Å²) in [7, 11) is 0. The Balaban J connectivity index is 1.55. The van der Waals surface area contributed by atoms with E-state index in [1.165, 1.54) is 0 Å². The van der Waals surface area contributed by atoms with Crippen LogP contribution in [0.3, 0.4) is 0 Å². The molecule has 20 heavy (non-hydrogen) atoms. The van der Waals surface area contributed by atoms with Gasteiger partial charge in [0.25, 0.3) is 0 Å². The van der Waals surface area contributed by atoms with Crippen LogP contribution in [-0.4, -0.2) is 30.5 Å². The molecule has 4 heteroatoms. The maximum absolute atomic E-state index is 12.1. The van der Waals surface area contributed by atoms with Crippen molar-refractivity contribution in [3.05, 3.63) is 36.0 Å². The lowest BCUT2D eigenvalue weighted by atomic mass is 9.98. The number of carbonyl (C=O) groups is 1. The van der Waals surface area contributed by atoms with E-state index in [2.05, 4.69) is 21.7 Å². The third kappa shape index (κ3) is 3.02. The van der Waals surface area contributed by atoms with E-state index >= 15 is 0 Å². The third-order valence-electron chi connectivity index (χ3n) is 4.07. The molecule has 1 aliphatic heterocycles. The predicted molar refractivity (Wildman–Crippen MR) is 80.6 cm³/mol. The molecule has 0 radical (unpaired) electrons. The zero-order valence-corrected chi connectivity index (χ0v) is 11.6. The summed E-state index contributed by atoms with van der Waals surface area (Å²) in [6.07, 6.45) is 4.71. The third-order valence-corrected chi connectivity index (χ3v) is 4.07. The van der Waals surface area contributed by atoms with Crippen LogP contribution in [0.4, 0.5) is 0 Å². The molecule has 4 nitrogen and oxygen atoms in total. The van der Waals surface area contributed by atoms with Crippen LogP contribution in [0.15, 0.2) is 30.5 Å². The Bertz CT molecular complexity index is 584. The summed E-state index contributed by atoms with van der Waals surface area (Å²) < 4.78 is 0. The number of H-pyrrole nitrogens is 1. The molecule has 0 unspecified atom stereocenters. The fourth-order valence-corrected chi connectivity index (χ4v) is 2.86. The predicted octanol–water partition coefficient (Wildman–Crippen LogP) is 1.83. The van der Waals surface area contributed by atoms with Crippen LogP contribution in [0.25, 0.3) is 10.9 Å². The van der Waals surface area contributed by atoms with Crippen molar-refractivity contribution in [2.75, 3.05) is 19.6 Å². The summed E-state index contributed by atoms with van der Waals surface area (Å²) in [6.45, 7) is 2.95. The van der Waals surface area contributed by atoms with E-state index in [0.717, 1.165) is 48.9 Å². The molecule has 0 aliphatic carbocycles. The van der Waals surface area contributed by atoms with Crippen LogP contribution in [-0.2, 0) is 11.2 Å². The van der Waals surface area contributed by atoms with Crippen LogP contribution < -0.4 is 10.6 Å². The van der Waals surface area contributed by atoms with Gasteiger partial charge in [-0.3, -0.25) is 4.79 Å². The van der Waals surface area contributed by atoms with Gasteiger partial charge in [0.05, 0.1) is 6.42 Å². The second-order valence-corrected chi connectivity index (χ2v) is 5.53. The van der Waals surface area contributed by atoms with Crippen molar-refractivity contribution in [3.63, 3.8) is 0 Å². The number of aromatic nitrogens is 1. The second kappa shape index (κ2) is 6.09. The number of hydrogen-bond donors (Lipinski definition) is 3. The second-order valence-electron chi connectivity index (χ2n) is 5.53. The van der Waals surface area contributed by atoms with Crippen molar-refractivity contribution < 1.29 is 4.79 Å². The lowest BCUT2D eigenvalue weighted by Crippen LogP contribution is -2.36. The Kier molecular flexibility index (Phi) is 4.02. The molecule has 0 spiro atoms. The average Bonchev–Trinajstić information content (AvgIpc) is 2.90. The molecule has 1 saturated heterocycles. The van der Waals surface area contributed by atoms with Crippen LogP contribution in [0.1, 0.15) is 18.4 Å². The molecule has 1 aliphatic rings. The minimum Gasteiger partial charge on any atom is -0.361 e. The maximum Gasteiger partial charge on any atom is 0.224 e. The topological polar surface area (TPSA) is 56.9 Å². The van der Waals surface area contributed by atoms with E-state index in [-0.39, 0.29) is 5.91 Å². The van der Waals surface area contributed by atoms with E-state index < -0.39 is 0 Å². The number of fused-ring (bicyclic) bond motifs is 1. The molecule has 1 amide bonds. The molecule has 0 saturated carbocycles. The number of para-hydroxylation sites is 1. The Morgan fingerprint density at radius 3 is 2.90 bits per heavy atom. The number of amides is 1.